The lowest BCUT2D eigenvalue weighted by Crippen LogP contribution is -2.48. The smallest absolute Gasteiger partial charge is 0.265 e. The maximum absolute atomic E-state index is 14.4. The fourth-order valence-corrected chi connectivity index (χ4v) is 7.00. The van der Waals surface area contributed by atoms with Gasteiger partial charge in [0.15, 0.2) is 0 Å². The highest BCUT2D eigenvalue weighted by atomic mass is 32.2. The number of aromatic nitrogens is 2. The maximum Gasteiger partial charge on any atom is 0.265 e. The summed E-state index contributed by atoms with van der Waals surface area (Å²) in [6.45, 7) is 5.31. The van der Waals surface area contributed by atoms with Gasteiger partial charge in [-0.05, 0) is 90.3 Å². The summed E-state index contributed by atoms with van der Waals surface area (Å²) in [6, 6.07) is 21.4. The first-order chi connectivity index (χ1) is 22.4. The van der Waals surface area contributed by atoms with Crippen molar-refractivity contribution in [2.75, 3.05) is 11.9 Å². The lowest BCUT2D eigenvalue weighted by atomic mass is 9.93. The third-order valence-corrected chi connectivity index (χ3v) is 10.1. The zero-order valence-electron chi connectivity index (χ0n) is 25.9. The quantitative estimate of drug-likeness (QED) is 0.231. The van der Waals surface area contributed by atoms with Crippen molar-refractivity contribution in [2.24, 2.45) is 5.73 Å². The molecule has 0 saturated carbocycles. The maximum atomic E-state index is 14.4. The summed E-state index contributed by atoms with van der Waals surface area (Å²) >= 11 is 0. The van der Waals surface area contributed by atoms with Crippen LogP contribution < -0.4 is 15.8 Å². The minimum atomic E-state index is -4.31. The first-order valence-corrected chi connectivity index (χ1v) is 16.3. The summed E-state index contributed by atoms with van der Waals surface area (Å²) in [6.07, 6.45) is 0.500. The Morgan fingerprint density at radius 3 is 2.43 bits per heavy atom. The number of carbonyl (C=O) groups is 2. The standard InChI is InChI=1S/C34H32F2N6O4S/c1-20-7-6-10-23-11-13-28(17-29(20)23)47(45,46)39-33(43)25-12-14-31(41-22(3)21(2)32(38-41)42(35)36)30(16-25)34(44)40-19-26-9-5-4-8-24(26)15-27(40)18-37/h4-14,16-17,27H,15,18-19,37H2,1-3H3,(H,39,43). The Labute approximate surface area is 270 Å². The molecule has 3 N–H and O–H groups in total. The molecule has 1 unspecified atom stereocenters. The summed E-state index contributed by atoms with van der Waals surface area (Å²) in [5.41, 5.74) is 9.49. The van der Waals surface area contributed by atoms with Crippen LogP contribution in [-0.2, 0) is 23.0 Å². The Kier molecular flexibility index (Phi) is 8.28. The molecule has 0 saturated heterocycles. The first kappa shape index (κ1) is 31.8. The van der Waals surface area contributed by atoms with Gasteiger partial charge < -0.3 is 10.6 Å². The van der Waals surface area contributed by atoms with Crippen LogP contribution in [0.4, 0.5) is 14.8 Å². The highest BCUT2D eigenvalue weighted by molar-refractivity contribution is 7.90. The largest absolute Gasteiger partial charge is 0.330 e. The van der Waals surface area contributed by atoms with Crippen LogP contribution in [0.1, 0.15) is 48.7 Å². The number of sulfonamides is 1. The Balaban J connectivity index is 1.41. The molecule has 0 bridgehead atoms. The van der Waals surface area contributed by atoms with E-state index >= 15 is 0 Å². The van der Waals surface area contributed by atoms with Gasteiger partial charge in [0.2, 0.25) is 5.82 Å². The topological polar surface area (TPSA) is 131 Å². The van der Waals surface area contributed by atoms with Gasteiger partial charge in [0.05, 0.1) is 16.1 Å². The van der Waals surface area contributed by atoms with E-state index in [1.165, 1.54) is 41.9 Å². The SMILES string of the molecule is Cc1c(N(F)F)nn(-c2ccc(C(=O)NS(=O)(=O)c3ccc4cccc(C)c4c3)cc2C(=O)N2Cc3ccccc3CC2CN)c1C. The Hall–Kier alpha value is -5.14. The molecule has 242 valence electrons. The van der Waals surface area contributed by atoms with E-state index in [2.05, 4.69) is 9.82 Å². The number of nitrogens with zero attached hydrogens (tertiary/aromatic N) is 4. The molecule has 1 aliphatic rings. The molecule has 10 nitrogen and oxygen atoms in total. The molecule has 2 amide bonds. The van der Waals surface area contributed by atoms with Crippen LogP contribution >= 0.6 is 0 Å². The van der Waals surface area contributed by atoms with Gasteiger partial charge in [-0.2, -0.15) is 0 Å². The Morgan fingerprint density at radius 2 is 1.72 bits per heavy atom. The van der Waals surface area contributed by atoms with Gasteiger partial charge in [-0.15, -0.1) is 5.10 Å². The van der Waals surface area contributed by atoms with Crippen molar-refractivity contribution in [3.63, 3.8) is 0 Å². The average Bonchev–Trinajstić information content (AvgIpc) is 3.36. The van der Waals surface area contributed by atoms with Gasteiger partial charge in [-0.1, -0.05) is 57.5 Å². The van der Waals surface area contributed by atoms with Crippen LogP contribution in [-0.4, -0.2) is 47.5 Å². The number of carbonyl (C=O) groups excluding carboxylic acids is 2. The number of hydrogen-bond donors (Lipinski definition) is 2. The highest BCUT2D eigenvalue weighted by Crippen LogP contribution is 2.31. The fraction of sp³-hybridized carbons (Fsp3) is 0.206. The molecule has 5 aromatic rings. The zero-order valence-corrected chi connectivity index (χ0v) is 26.7. The molecular weight excluding hydrogens is 626 g/mol. The zero-order chi connectivity index (χ0) is 33.6. The normalized spacial score (nSPS) is 14.6. The monoisotopic (exact) mass is 658 g/mol. The van der Waals surface area contributed by atoms with Crippen LogP contribution in [0.3, 0.4) is 0 Å². The van der Waals surface area contributed by atoms with Crippen LogP contribution in [0.15, 0.2) is 83.8 Å². The van der Waals surface area contributed by atoms with Crippen molar-refractivity contribution in [2.45, 2.75) is 44.7 Å². The minimum Gasteiger partial charge on any atom is -0.330 e. The van der Waals surface area contributed by atoms with E-state index in [1.54, 1.807) is 17.9 Å². The van der Waals surface area contributed by atoms with Gasteiger partial charge in [0, 0.05) is 36.0 Å². The van der Waals surface area contributed by atoms with Crippen LogP contribution in [0.5, 0.6) is 0 Å². The van der Waals surface area contributed by atoms with Crippen LogP contribution in [0, 0.1) is 20.8 Å². The number of hydrogen-bond acceptors (Lipinski definition) is 7. The molecule has 0 spiro atoms. The van der Waals surface area contributed by atoms with Crippen molar-refractivity contribution in [3.8, 4) is 5.69 Å². The fourth-order valence-electron chi connectivity index (χ4n) is 6.00. The van der Waals surface area contributed by atoms with E-state index in [9.17, 15) is 27.0 Å². The minimum absolute atomic E-state index is 0.0318. The predicted molar refractivity (Wildman–Crippen MR) is 174 cm³/mol. The van der Waals surface area contributed by atoms with Crippen LogP contribution in [0.25, 0.3) is 16.5 Å². The van der Waals surface area contributed by atoms with Gasteiger partial charge in [0.1, 0.15) is 0 Å². The summed E-state index contributed by atoms with van der Waals surface area (Å²) in [5, 5.41) is 4.52. The van der Waals surface area contributed by atoms with E-state index in [0.29, 0.717) is 12.1 Å². The van der Waals surface area contributed by atoms with Crippen molar-refractivity contribution in [1.29, 1.82) is 0 Å². The third kappa shape index (κ3) is 5.83. The number of anilines is 1. The molecule has 1 aromatic heterocycles. The molecule has 0 aliphatic carbocycles. The number of amides is 2. The third-order valence-electron chi connectivity index (χ3n) is 8.77. The van der Waals surface area contributed by atoms with E-state index in [-0.39, 0.29) is 46.4 Å². The molecule has 6 rings (SSSR count). The predicted octanol–water partition coefficient (Wildman–Crippen LogP) is 5.17. The van der Waals surface area contributed by atoms with Gasteiger partial charge >= 0.3 is 0 Å². The van der Waals surface area contributed by atoms with Crippen molar-refractivity contribution in [1.82, 2.24) is 19.4 Å². The van der Waals surface area contributed by atoms with Crippen LogP contribution in [0.2, 0.25) is 0 Å². The second-order valence-corrected chi connectivity index (χ2v) is 13.3. The number of fused-ring (bicyclic) bond motifs is 2. The summed E-state index contributed by atoms with van der Waals surface area (Å²) in [4.78, 5) is 29.3. The Morgan fingerprint density at radius 1 is 0.979 bits per heavy atom. The molecule has 4 aromatic carbocycles. The molecule has 2 heterocycles. The first-order valence-electron chi connectivity index (χ1n) is 14.9. The number of halogens is 2. The molecular formula is C34H32F2N6O4S. The van der Waals surface area contributed by atoms with Crippen molar-refractivity contribution >= 4 is 38.4 Å². The molecule has 13 heteroatoms. The summed E-state index contributed by atoms with van der Waals surface area (Å²) in [7, 11) is -4.31. The second kappa shape index (κ2) is 12.2. The number of aryl methyl sites for hydroxylation is 1. The highest BCUT2D eigenvalue weighted by Gasteiger charge is 2.32. The molecule has 47 heavy (non-hydrogen) atoms. The number of benzene rings is 4. The van der Waals surface area contributed by atoms with Crippen molar-refractivity contribution in [3.05, 3.63) is 118 Å². The molecule has 1 aliphatic heterocycles. The number of nitrogens with one attached hydrogen (secondary N) is 1. The molecule has 0 radical (unpaired) electrons. The summed E-state index contributed by atoms with van der Waals surface area (Å²) < 4.78 is 57.4. The second-order valence-electron chi connectivity index (χ2n) is 11.6. The molecule has 1 atom stereocenters. The molecule has 0 fully saturated rings. The van der Waals surface area contributed by atoms with Gasteiger partial charge in [-0.25, -0.2) is 17.8 Å². The number of nitrogens with two attached hydrogens (primary N) is 1. The lowest BCUT2D eigenvalue weighted by molar-refractivity contribution is 0.0647. The van der Waals surface area contributed by atoms with E-state index in [1.807, 2.05) is 49.4 Å². The van der Waals surface area contributed by atoms with Gasteiger partial charge in [-0.3, -0.25) is 9.59 Å². The van der Waals surface area contributed by atoms with E-state index in [0.717, 1.165) is 27.5 Å². The Bertz CT molecular complexity index is 2170. The summed E-state index contributed by atoms with van der Waals surface area (Å²) in [5.74, 6) is -2.08. The van der Waals surface area contributed by atoms with Crippen molar-refractivity contribution < 1.29 is 27.0 Å². The average molecular weight is 659 g/mol. The lowest BCUT2D eigenvalue weighted by Gasteiger charge is -2.36. The van der Waals surface area contributed by atoms with Gasteiger partial charge in [0.25, 0.3) is 21.8 Å². The van der Waals surface area contributed by atoms with E-state index < -0.39 is 33.0 Å². The van der Waals surface area contributed by atoms with E-state index in [4.69, 9.17) is 5.73 Å². The number of rotatable bonds is 7.